The lowest BCUT2D eigenvalue weighted by Crippen LogP contribution is -2.32. The molecule has 0 fully saturated rings. The van der Waals surface area contributed by atoms with Gasteiger partial charge in [0.15, 0.2) is 5.65 Å². The maximum atomic E-state index is 12.9. The second-order valence-corrected chi connectivity index (χ2v) is 8.13. The molecule has 0 aliphatic heterocycles. The van der Waals surface area contributed by atoms with Crippen LogP contribution in [0.5, 0.6) is 0 Å². The summed E-state index contributed by atoms with van der Waals surface area (Å²) in [5, 5.41) is 11.9. The van der Waals surface area contributed by atoms with Gasteiger partial charge in [0.05, 0.1) is 17.8 Å². The largest absolute Gasteiger partial charge is 0.366 e. The Kier molecular flexibility index (Phi) is 4.69. The number of hydrogen-bond acceptors (Lipinski definition) is 5. The number of aromatic nitrogens is 5. The van der Waals surface area contributed by atoms with Crippen LogP contribution in [0, 0.1) is 0 Å². The van der Waals surface area contributed by atoms with Crippen LogP contribution in [0.4, 0.5) is 5.95 Å². The second-order valence-electron chi connectivity index (χ2n) is 8.13. The number of fused-ring (bicyclic) bond motifs is 2. The van der Waals surface area contributed by atoms with E-state index in [-0.39, 0.29) is 23.9 Å². The molecule has 1 unspecified atom stereocenters. The topological polar surface area (TPSA) is 103 Å². The number of pyridine rings is 1. The van der Waals surface area contributed by atoms with E-state index in [2.05, 4.69) is 44.8 Å². The molecule has 158 valence electrons. The van der Waals surface area contributed by atoms with E-state index in [0.29, 0.717) is 11.2 Å². The van der Waals surface area contributed by atoms with E-state index in [4.69, 9.17) is 5.73 Å². The number of hydrogen-bond donors (Lipinski definition) is 2. The summed E-state index contributed by atoms with van der Waals surface area (Å²) in [5.41, 5.74) is 11.2. The number of benzene rings is 1. The normalized spacial score (nSPS) is 16.4. The van der Waals surface area contributed by atoms with Crippen molar-refractivity contribution in [2.45, 2.75) is 45.2 Å². The van der Waals surface area contributed by atoms with Gasteiger partial charge in [-0.1, -0.05) is 31.2 Å². The van der Waals surface area contributed by atoms with Crippen LogP contribution in [0.2, 0.25) is 0 Å². The minimum absolute atomic E-state index is 0.0571. The maximum absolute atomic E-state index is 12.9. The molecule has 8 nitrogen and oxygen atoms in total. The van der Waals surface area contributed by atoms with Gasteiger partial charge in [0.25, 0.3) is 5.91 Å². The van der Waals surface area contributed by atoms with E-state index >= 15 is 0 Å². The summed E-state index contributed by atoms with van der Waals surface area (Å²) >= 11 is 0. The van der Waals surface area contributed by atoms with Gasteiger partial charge in [0.1, 0.15) is 0 Å². The van der Waals surface area contributed by atoms with E-state index in [0.717, 1.165) is 30.4 Å². The molecule has 2 atom stereocenters. The predicted molar refractivity (Wildman–Crippen MR) is 119 cm³/mol. The molecule has 31 heavy (non-hydrogen) atoms. The Hall–Kier alpha value is -3.68. The Balaban J connectivity index is 1.53. The molecule has 1 amide bonds. The van der Waals surface area contributed by atoms with Crippen LogP contribution in [0.25, 0.3) is 16.8 Å². The molecule has 4 aromatic rings. The molecule has 3 heterocycles. The zero-order valence-corrected chi connectivity index (χ0v) is 17.6. The van der Waals surface area contributed by atoms with Crippen molar-refractivity contribution in [1.29, 1.82) is 0 Å². The van der Waals surface area contributed by atoms with Crippen molar-refractivity contribution in [3.05, 3.63) is 65.6 Å². The highest BCUT2D eigenvalue weighted by Gasteiger charge is 2.24. The molecule has 3 aromatic heterocycles. The molecular weight excluding hydrogens is 390 g/mol. The fourth-order valence-corrected chi connectivity index (χ4v) is 4.20. The minimum Gasteiger partial charge on any atom is -0.366 e. The van der Waals surface area contributed by atoms with E-state index < -0.39 is 0 Å². The van der Waals surface area contributed by atoms with Crippen LogP contribution >= 0.6 is 0 Å². The quantitative estimate of drug-likeness (QED) is 0.521. The molecule has 0 saturated carbocycles. The van der Waals surface area contributed by atoms with Gasteiger partial charge in [0.2, 0.25) is 5.95 Å². The van der Waals surface area contributed by atoms with Gasteiger partial charge < -0.3 is 11.1 Å². The molecule has 0 radical (unpaired) electrons. The number of carbonyl (C=O) groups is 1. The number of rotatable bonds is 5. The molecule has 3 N–H and O–H groups in total. The second kappa shape index (κ2) is 7.54. The first-order valence-electron chi connectivity index (χ1n) is 10.6. The number of nitrogen functional groups attached to an aromatic ring is 1. The summed E-state index contributed by atoms with van der Waals surface area (Å²) < 4.78 is 3.58. The number of amides is 1. The number of nitrogens with two attached hydrogens (primary N) is 1. The van der Waals surface area contributed by atoms with Gasteiger partial charge in [0, 0.05) is 29.6 Å². The maximum Gasteiger partial charge on any atom is 0.255 e. The Morgan fingerprint density at radius 1 is 1.29 bits per heavy atom. The molecule has 0 spiro atoms. The molecule has 1 aliphatic rings. The molecule has 0 saturated heterocycles. The van der Waals surface area contributed by atoms with Crippen molar-refractivity contribution >= 4 is 17.5 Å². The Bertz CT molecular complexity index is 1270. The van der Waals surface area contributed by atoms with E-state index in [1.165, 1.54) is 11.1 Å². The third-order valence-corrected chi connectivity index (χ3v) is 6.04. The fraction of sp³-hybridized carbons (Fsp3) is 0.304. The number of aryl methyl sites for hydroxylation is 1. The average molecular weight is 416 g/mol. The molecule has 1 aliphatic carbocycles. The number of carbonyl (C=O) groups excluding carboxylic acids is 1. The lowest BCUT2D eigenvalue weighted by atomic mass is 10.1. The third kappa shape index (κ3) is 3.43. The van der Waals surface area contributed by atoms with Crippen LogP contribution in [0.15, 0.2) is 48.9 Å². The first-order chi connectivity index (χ1) is 15.0. The Labute approximate surface area is 180 Å². The van der Waals surface area contributed by atoms with E-state index in [1.807, 2.05) is 43.2 Å². The number of anilines is 1. The summed E-state index contributed by atoms with van der Waals surface area (Å²) in [6.07, 6.45) is 8.62. The van der Waals surface area contributed by atoms with E-state index in [9.17, 15) is 4.79 Å². The van der Waals surface area contributed by atoms with Gasteiger partial charge >= 0.3 is 0 Å². The standard InChI is InChI=1S/C23H25N7O/c1-3-14(2)26-22(31)19-10-16(12-30-21(19)27-23(24)28-30)17-11-25-29(13-17)20-9-8-15-6-4-5-7-18(15)20/h4-7,10-14,20H,3,8-9H2,1-2H3,(H2,24,28)(H,26,31)/t14-,20?/m0/s1. The van der Waals surface area contributed by atoms with Gasteiger partial charge in [-0.25, -0.2) is 4.52 Å². The Morgan fingerprint density at radius 2 is 2.13 bits per heavy atom. The van der Waals surface area contributed by atoms with Gasteiger partial charge in [-0.2, -0.15) is 10.1 Å². The van der Waals surface area contributed by atoms with Crippen molar-refractivity contribution in [3.63, 3.8) is 0 Å². The summed E-state index contributed by atoms with van der Waals surface area (Å²) in [6.45, 7) is 4.00. The Morgan fingerprint density at radius 3 is 2.97 bits per heavy atom. The lowest BCUT2D eigenvalue weighted by Gasteiger charge is -2.13. The highest BCUT2D eigenvalue weighted by atomic mass is 16.1. The summed E-state index contributed by atoms with van der Waals surface area (Å²) in [4.78, 5) is 17.2. The molecular formula is C23H25N7O. The van der Waals surface area contributed by atoms with Crippen LogP contribution in [-0.4, -0.2) is 36.3 Å². The van der Waals surface area contributed by atoms with Gasteiger partial charge in [-0.3, -0.25) is 9.48 Å². The van der Waals surface area contributed by atoms with Crippen molar-refractivity contribution in [2.75, 3.05) is 5.73 Å². The summed E-state index contributed by atoms with van der Waals surface area (Å²) in [7, 11) is 0. The van der Waals surface area contributed by atoms with Crippen LogP contribution < -0.4 is 11.1 Å². The molecule has 5 rings (SSSR count). The zero-order chi connectivity index (χ0) is 21.5. The monoisotopic (exact) mass is 415 g/mol. The van der Waals surface area contributed by atoms with Crippen LogP contribution in [-0.2, 0) is 6.42 Å². The average Bonchev–Trinajstić information content (AvgIpc) is 3.49. The minimum atomic E-state index is -0.189. The summed E-state index contributed by atoms with van der Waals surface area (Å²) in [6, 6.07) is 10.6. The van der Waals surface area contributed by atoms with Crippen LogP contribution in [0.1, 0.15) is 54.2 Å². The van der Waals surface area contributed by atoms with Crippen molar-refractivity contribution in [1.82, 2.24) is 29.7 Å². The van der Waals surface area contributed by atoms with Gasteiger partial charge in [-0.05, 0) is 43.4 Å². The SMILES string of the molecule is CC[C@H](C)NC(=O)c1cc(-c2cnn(C3CCc4ccccc43)c2)cn2nc(N)nc12. The van der Waals surface area contributed by atoms with Crippen LogP contribution in [0.3, 0.4) is 0 Å². The zero-order valence-electron chi connectivity index (χ0n) is 17.6. The summed E-state index contributed by atoms with van der Waals surface area (Å²) in [5.74, 6) is -0.0568. The van der Waals surface area contributed by atoms with Gasteiger partial charge in [-0.15, -0.1) is 5.10 Å². The van der Waals surface area contributed by atoms with Crippen molar-refractivity contribution in [3.8, 4) is 11.1 Å². The van der Waals surface area contributed by atoms with E-state index in [1.54, 1.807) is 4.52 Å². The van der Waals surface area contributed by atoms with Crippen molar-refractivity contribution < 1.29 is 4.79 Å². The first kappa shape index (κ1) is 19.3. The smallest absolute Gasteiger partial charge is 0.255 e. The molecule has 0 bridgehead atoms. The highest BCUT2D eigenvalue weighted by molar-refractivity contribution is 6.01. The molecule has 8 heteroatoms. The van der Waals surface area contributed by atoms with Crippen molar-refractivity contribution in [2.24, 2.45) is 0 Å². The third-order valence-electron chi connectivity index (χ3n) is 6.04. The fourth-order valence-electron chi connectivity index (χ4n) is 4.20. The predicted octanol–water partition coefficient (Wildman–Crippen LogP) is 3.24. The molecule has 1 aromatic carbocycles. The first-order valence-corrected chi connectivity index (χ1v) is 10.6. The number of nitrogens with zero attached hydrogens (tertiary/aromatic N) is 5. The highest BCUT2D eigenvalue weighted by Crippen LogP contribution is 2.34. The lowest BCUT2D eigenvalue weighted by molar-refractivity contribution is 0.0940. The number of nitrogens with one attached hydrogen (secondary N) is 1.